The van der Waals surface area contributed by atoms with Gasteiger partial charge in [-0.05, 0) is 32.6 Å². The predicted octanol–water partition coefficient (Wildman–Crippen LogP) is 1.45. The fraction of sp³-hybridized carbons (Fsp3) is 1.00. The van der Waals surface area contributed by atoms with Gasteiger partial charge in [-0.1, -0.05) is 12.8 Å². The summed E-state index contributed by atoms with van der Waals surface area (Å²) >= 11 is 0. The molecule has 2 rings (SSSR count). The molecule has 2 aliphatic rings. The van der Waals surface area contributed by atoms with Crippen molar-refractivity contribution < 1.29 is 9.84 Å². The third-order valence-electron chi connectivity index (χ3n) is 3.28. The zero-order valence-corrected chi connectivity index (χ0v) is 9.67. The van der Waals surface area contributed by atoms with Gasteiger partial charge in [-0.3, -0.25) is 0 Å². The summed E-state index contributed by atoms with van der Waals surface area (Å²) in [5.74, 6) is 0. The SMILES string of the molecule is CC(O)(CNC1CC1)COC1CCCC1. The predicted molar refractivity (Wildman–Crippen MR) is 59.9 cm³/mol. The van der Waals surface area contributed by atoms with Crippen LogP contribution in [0.15, 0.2) is 0 Å². The first-order chi connectivity index (χ1) is 7.16. The monoisotopic (exact) mass is 213 g/mol. The van der Waals surface area contributed by atoms with Crippen molar-refractivity contribution in [2.45, 2.75) is 63.2 Å². The van der Waals surface area contributed by atoms with Gasteiger partial charge in [-0.15, -0.1) is 0 Å². The number of nitrogens with one attached hydrogen (secondary N) is 1. The van der Waals surface area contributed by atoms with Crippen molar-refractivity contribution in [2.24, 2.45) is 0 Å². The Kier molecular flexibility index (Phi) is 3.65. The van der Waals surface area contributed by atoms with E-state index in [1.807, 2.05) is 6.92 Å². The molecular weight excluding hydrogens is 190 g/mol. The molecule has 1 unspecified atom stereocenters. The van der Waals surface area contributed by atoms with Crippen molar-refractivity contribution >= 4 is 0 Å². The van der Waals surface area contributed by atoms with Crippen molar-refractivity contribution in [3.8, 4) is 0 Å². The van der Waals surface area contributed by atoms with E-state index in [0.29, 0.717) is 25.3 Å². The number of ether oxygens (including phenoxy) is 1. The molecule has 2 N–H and O–H groups in total. The van der Waals surface area contributed by atoms with Gasteiger partial charge in [0.15, 0.2) is 0 Å². The first-order valence-corrected chi connectivity index (χ1v) is 6.23. The van der Waals surface area contributed by atoms with Gasteiger partial charge in [0.2, 0.25) is 0 Å². The van der Waals surface area contributed by atoms with E-state index in [1.54, 1.807) is 0 Å². The van der Waals surface area contributed by atoms with Crippen LogP contribution in [0.25, 0.3) is 0 Å². The molecule has 0 saturated heterocycles. The highest BCUT2D eigenvalue weighted by Crippen LogP contribution is 2.23. The van der Waals surface area contributed by atoms with E-state index in [-0.39, 0.29) is 0 Å². The third kappa shape index (κ3) is 4.09. The normalized spacial score (nSPS) is 26.8. The molecule has 0 amide bonds. The summed E-state index contributed by atoms with van der Waals surface area (Å²) in [6, 6.07) is 0.656. The van der Waals surface area contributed by atoms with Gasteiger partial charge < -0.3 is 15.2 Å². The van der Waals surface area contributed by atoms with Crippen LogP contribution in [0.1, 0.15) is 45.4 Å². The second-order valence-electron chi connectivity index (χ2n) is 5.37. The van der Waals surface area contributed by atoms with Crippen molar-refractivity contribution in [1.29, 1.82) is 0 Å². The maximum absolute atomic E-state index is 10.1. The van der Waals surface area contributed by atoms with Crippen LogP contribution in [0, 0.1) is 0 Å². The van der Waals surface area contributed by atoms with Gasteiger partial charge in [0.05, 0.1) is 18.3 Å². The van der Waals surface area contributed by atoms with Crippen LogP contribution in [-0.4, -0.2) is 36.0 Å². The van der Waals surface area contributed by atoms with Crippen LogP contribution in [0.2, 0.25) is 0 Å². The lowest BCUT2D eigenvalue weighted by Gasteiger charge is -2.25. The van der Waals surface area contributed by atoms with Gasteiger partial charge in [-0.2, -0.15) is 0 Å². The Balaban J connectivity index is 1.61. The van der Waals surface area contributed by atoms with Crippen LogP contribution in [0.5, 0.6) is 0 Å². The Hall–Kier alpha value is -0.120. The number of hydrogen-bond acceptors (Lipinski definition) is 3. The Morgan fingerprint density at radius 2 is 1.93 bits per heavy atom. The molecule has 0 aliphatic heterocycles. The van der Waals surface area contributed by atoms with Crippen LogP contribution >= 0.6 is 0 Å². The molecule has 3 nitrogen and oxygen atoms in total. The van der Waals surface area contributed by atoms with Gasteiger partial charge >= 0.3 is 0 Å². The summed E-state index contributed by atoms with van der Waals surface area (Å²) in [6.45, 7) is 2.99. The van der Waals surface area contributed by atoms with Gasteiger partial charge in [-0.25, -0.2) is 0 Å². The lowest BCUT2D eigenvalue weighted by atomic mass is 10.1. The quantitative estimate of drug-likeness (QED) is 0.701. The average molecular weight is 213 g/mol. The summed E-state index contributed by atoms with van der Waals surface area (Å²) in [7, 11) is 0. The summed E-state index contributed by atoms with van der Waals surface area (Å²) in [6.07, 6.45) is 7.84. The zero-order valence-electron chi connectivity index (χ0n) is 9.67. The first kappa shape index (κ1) is 11.4. The van der Waals surface area contributed by atoms with Crippen molar-refractivity contribution in [1.82, 2.24) is 5.32 Å². The highest BCUT2D eigenvalue weighted by atomic mass is 16.5. The second kappa shape index (κ2) is 4.81. The molecule has 1 atom stereocenters. The maximum atomic E-state index is 10.1. The van der Waals surface area contributed by atoms with Gasteiger partial charge in [0.25, 0.3) is 0 Å². The molecule has 0 aromatic heterocycles. The molecule has 0 heterocycles. The van der Waals surface area contributed by atoms with Crippen molar-refractivity contribution in [3.63, 3.8) is 0 Å². The number of rotatable bonds is 6. The lowest BCUT2D eigenvalue weighted by molar-refractivity contribution is -0.0596. The summed E-state index contributed by atoms with van der Waals surface area (Å²) in [4.78, 5) is 0. The maximum Gasteiger partial charge on any atom is 0.0975 e. The third-order valence-corrected chi connectivity index (χ3v) is 3.28. The molecule has 15 heavy (non-hydrogen) atoms. The van der Waals surface area contributed by atoms with E-state index in [1.165, 1.54) is 38.5 Å². The molecule has 0 spiro atoms. The Bertz CT molecular complexity index is 196. The van der Waals surface area contributed by atoms with Crippen molar-refractivity contribution in [2.75, 3.05) is 13.2 Å². The van der Waals surface area contributed by atoms with E-state index in [0.717, 1.165) is 0 Å². The Morgan fingerprint density at radius 1 is 1.27 bits per heavy atom. The molecule has 0 aromatic carbocycles. The van der Waals surface area contributed by atoms with E-state index >= 15 is 0 Å². The minimum Gasteiger partial charge on any atom is -0.386 e. The minimum atomic E-state index is -0.703. The lowest BCUT2D eigenvalue weighted by Crippen LogP contribution is -2.43. The number of aliphatic hydroxyl groups is 1. The first-order valence-electron chi connectivity index (χ1n) is 6.23. The zero-order chi connectivity index (χ0) is 10.7. The van der Waals surface area contributed by atoms with Crippen LogP contribution < -0.4 is 5.32 Å². The van der Waals surface area contributed by atoms with Crippen LogP contribution in [-0.2, 0) is 4.74 Å². The minimum absolute atomic E-state index is 0.400. The topological polar surface area (TPSA) is 41.5 Å². The van der Waals surface area contributed by atoms with E-state index in [2.05, 4.69) is 5.32 Å². The second-order valence-corrected chi connectivity index (χ2v) is 5.37. The molecule has 3 heteroatoms. The highest BCUT2D eigenvalue weighted by molar-refractivity contribution is 4.85. The van der Waals surface area contributed by atoms with E-state index < -0.39 is 5.60 Å². The van der Waals surface area contributed by atoms with Gasteiger partial charge in [0, 0.05) is 12.6 Å². The summed E-state index contributed by atoms with van der Waals surface area (Å²) in [5.41, 5.74) is -0.703. The van der Waals surface area contributed by atoms with E-state index in [9.17, 15) is 5.11 Å². The van der Waals surface area contributed by atoms with Crippen LogP contribution in [0.3, 0.4) is 0 Å². The molecular formula is C12H23NO2. The Morgan fingerprint density at radius 3 is 2.53 bits per heavy atom. The largest absolute Gasteiger partial charge is 0.386 e. The molecule has 2 fully saturated rings. The standard InChI is InChI=1S/C12H23NO2/c1-12(14,8-13-10-6-7-10)9-15-11-4-2-3-5-11/h10-11,13-14H,2-9H2,1H3. The fourth-order valence-electron chi connectivity index (χ4n) is 2.06. The highest BCUT2D eigenvalue weighted by Gasteiger charge is 2.28. The summed E-state index contributed by atoms with van der Waals surface area (Å²) < 4.78 is 5.73. The average Bonchev–Trinajstić information content (AvgIpc) is 2.88. The smallest absolute Gasteiger partial charge is 0.0975 e. The fourth-order valence-corrected chi connectivity index (χ4v) is 2.06. The molecule has 0 bridgehead atoms. The van der Waals surface area contributed by atoms with Gasteiger partial charge in [0.1, 0.15) is 0 Å². The van der Waals surface area contributed by atoms with Crippen LogP contribution in [0.4, 0.5) is 0 Å². The molecule has 2 saturated carbocycles. The molecule has 2 aliphatic carbocycles. The van der Waals surface area contributed by atoms with E-state index in [4.69, 9.17) is 4.74 Å². The Labute approximate surface area is 92.2 Å². The summed E-state index contributed by atoms with van der Waals surface area (Å²) in [5, 5.41) is 13.4. The number of hydrogen-bond donors (Lipinski definition) is 2. The molecule has 88 valence electrons. The van der Waals surface area contributed by atoms with Crippen molar-refractivity contribution in [3.05, 3.63) is 0 Å². The molecule has 0 radical (unpaired) electrons. The molecule has 0 aromatic rings.